The predicted octanol–water partition coefficient (Wildman–Crippen LogP) is -0.363. The number of imidazole rings is 1. The van der Waals surface area contributed by atoms with E-state index < -0.39 is 11.9 Å². The summed E-state index contributed by atoms with van der Waals surface area (Å²) < 4.78 is 0. The van der Waals surface area contributed by atoms with E-state index in [1.54, 1.807) is 13.1 Å². The van der Waals surface area contributed by atoms with Crippen molar-refractivity contribution in [2.24, 2.45) is 11.7 Å². The maximum Gasteiger partial charge on any atom is 0.307 e. The molecule has 0 aromatic carbocycles. The molecule has 1 rings (SSSR count). The molecule has 0 aliphatic heterocycles. The Morgan fingerprint density at radius 1 is 1.65 bits per heavy atom. The molecule has 0 spiro atoms. The van der Waals surface area contributed by atoms with Crippen molar-refractivity contribution in [1.29, 1.82) is 0 Å². The summed E-state index contributed by atoms with van der Waals surface area (Å²) in [5.41, 5.74) is 5.85. The summed E-state index contributed by atoms with van der Waals surface area (Å²) in [5.74, 6) is -2.51. The molecule has 1 heterocycles. The molecular formula is C10H16N4O3. The van der Waals surface area contributed by atoms with Crippen LogP contribution in [0.4, 0.5) is 0 Å². The van der Waals surface area contributed by atoms with E-state index in [4.69, 9.17) is 10.8 Å². The number of aliphatic carboxylic acids is 1. The fraction of sp³-hybridized carbons (Fsp3) is 0.500. The topological polar surface area (TPSA) is 121 Å². The number of nitrogens with two attached hydrogens (primary N) is 1. The first kappa shape index (κ1) is 13.2. The number of H-pyrrole nitrogens is 1. The average Bonchev–Trinajstić information content (AvgIpc) is 2.78. The molecule has 0 saturated heterocycles. The number of rotatable bonds is 6. The van der Waals surface area contributed by atoms with Crippen LogP contribution in [0.1, 0.15) is 25.0 Å². The van der Waals surface area contributed by atoms with Gasteiger partial charge in [-0.25, -0.2) is 4.98 Å². The highest BCUT2D eigenvalue weighted by Gasteiger charge is 2.29. The molecule has 2 atom stereocenters. The SMILES string of the molecule is C[C@@H](c1cnc[nH]1)[C@@H](CC(=O)NCN)C(=O)O. The van der Waals surface area contributed by atoms with Crippen LogP contribution in [-0.4, -0.2) is 33.6 Å². The van der Waals surface area contributed by atoms with E-state index >= 15 is 0 Å². The van der Waals surface area contributed by atoms with Gasteiger partial charge in [-0.05, 0) is 0 Å². The number of carboxylic acid groups (broad SMARTS) is 1. The van der Waals surface area contributed by atoms with Gasteiger partial charge < -0.3 is 21.1 Å². The summed E-state index contributed by atoms with van der Waals surface area (Å²) >= 11 is 0. The van der Waals surface area contributed by atoms with Crippen molar-refractivity contribution in [1.82, 2.24) is 15.3 Å². The van der Waals surface area contributed by atoms with E-state index in [1.807, 2.05) is 0 Å². The lowest BCUT2D eigenvalue weighted by atomic mass is 9.88. The summed E-state index contributed by atoms with van der Waals surface area (Å²) in [6.45, 7) is 1.74. The monoisotopic (exact) mass is 240 g/mol. The summed E-state index contributed by atoms with van der Waals surface area (Å²) in [5, 5.41) is 11.5. The minimum absolute atomic E-state index is 0.00358. The molecule has 94 valence electrons. The van der Waals surface area contributed by atoms with Gasteiger partial charge in [-0.2, -0.15) is 0 Å². The maximum atomic E-state index is 11.4. The van der Waals surface area contributed by atoms with Gasteiger partial charge in [-0.15, -0.1) is 0 Å². The summed E-state index contributed by atoms with van der Waals surface area (Å²) in [4.78, 5) is 29.2. The molecule has 7 nitrogen and oxygen atoms in total. The molecule has 1 amide bonds. The van der Waals surface area contributed by atoms with Crippen molar-refractivity contribution < 1.29 is 14.7 Å². The van der Waals surface area contributed by atoms with E-state index in [1.165, 1.54) is 6.33 Å². The van der Waals surface area contributed by atoms with Gasteiger partial charge in [-0.3, -0.25) is 9.59 Å². The standard InChI is InChI=1S/C10H16N4O3/c1-6(8-3-12-5-14-8)7(10(16)17)2-9(15)13-4-11/h3,5-7H,2,4,11H2,1H3,(H,12,14)(H,13,15)(H,16,17)/t6-,7-/m1/s1. The first-order valence-corrected chi connectivity index (χ1v) is 5.24. The lowest BCUT2D eigenvalue weighted by molar-refractivity contribution is -0.144. The molecule has 0 unspecified atom stereocenters. The number of amides is 1. The van der Waals surface area contributed by atoms with E-state index in [-0.39, 0.29) is 24.9 Å². The zero-order valence-electron chi connectivity index (χ0n) is 9.51. The number of aromatic nitrogens is 2. The van der Waals surface area contributed by atoms with Gasteiger partial charge in [0.2, 0.25) is 5.91 Å². The largest absolute Gasteiger partial charge is 0.481 e. The van der Waals surface area contributed by atoms with Gasteiger partial charge in [0.05, 0.1) is 18.9 Å². The maximum absolute atomic E-state index is 11.4. The van der Waals surface area contributed by atoms with Crippen molar-refractivity contribution in [3.05, 3.63) is 18.2 Å². The Hall–Kier alpha value is -1.89. The van der Waals surface area contributed by atoms with E-state index in [0.29, 0.717) is 5.69 Å². The van der Waals surface area contributed by atoms with Gasteiger partial charge in [0.15, 0.2) is 0 Å². The third kappa shape index (κ3) is 3.56. The minimum Gasteiger partial charge on any atom is -0.481 e. The molecule has 0 aliphatic rings. The zero-order valence-corrected chi connectivity index (χ0v) is 9.51. The van der Waals surface area contributed by atoms with Crippen LogP contribution >= 0.6 is 0 Å². The fourth-order valence-corrected chi connectivity index (χ4v) is 1.60. The van der Waals surface area contributed by atoms with Crippen LogP contribution in [0, 0.1) is 5.92 Å². The molecule has 17 heavy (non-hydrogen) atoms. The number of carbonyl (C=O) groups excluding carboxylic acids is 1. The Labute approximate surface area is 98.4 Å². The Morgan fingerprint density at radius 3 is 2.82 bits per heavy atom. The molecule has 1 aromatic rings. The Kier molecular flexibility index (Phi) is 4.65. The quantitative estimate of drug-likeness (QED) is 0.506. The molecule has 0 radical (unpaired) electrons. The van der Waals surface area contributed by atoms with Crippen LogP contribution in [0.3, 0.4) is 0 Å². The fourth-order valence-electron chi connectivity index (χ4n) is 1.60. The first-order chi connectivity index (χ1) is 8.06. The lowest BCUT2D eigenvalue weighted by Crippen LogP contribution is -2.34. The van der Waals surface area contributed by atoms with Crippen molar-refractivity contribution in [2.75, 3.05) is 6.67 Å². The van der Waals surface area contributed by atoms with Gasteiger partial charge in [0.25, 0.3) is 0 Å². The van der Waals surface area contributed by atoms with Crippen LogP contribution in [0.25, 0.3) is 0 Å². The molecule has 0 aliphatic carbocycles. The second kappa shape index (κ2) is 6.00. The molecular weight excluding hydrogens is 224 g/mol. The number of hydrogen-bond acceptors (Lipinski definition) is 4. The van der Waals surface area contributed by atoms with Gasteiger partial charge in [-0.1, -0.05) is 6.92 Å². The van der Waals surface area contributed by atoms with Crippen LogP contribution in [0.5, 0.6) is 0 Å². The van der Waals surface area contributed by atoms with Crippen LogP contribution in [0.15, 0.2) is 12.5 Å². The average molecular weight is 240 g/mol. The molecule has 5 N–H and O–H groups in total. The van der Waals surface area contributed by atoms with Gasteiger partial charge in [0, 0.05) is 24.2 Å². The van der Waals surface area contributed by atoms with Crippen LogP contribution in [-0.2, 0) is 9.59 Å². The number of aromatic amines is 1. The van der Waals surface area contributed by atoms with E-state index in [2.05, 4.69) is 15.3 Å². The second-order valence-electron chi connectivity index (χ2n) is 3.75. The van der Waals surface area contributed by atoms with Gasteiger partial charge >= 0.3 is 5.97 Å². The number of nitrogens with one attached hydrogen (secondary N) is 2. The van der Waals surface area contributed by atoms with E-state index in [9.17, 15) is 9.59 Å². The third-order valence-electron chi connectivity index (χ3n) is 2.64. The highest BCUT2D eigenvalue weighted by Crippen LogP contribution is 2.25. The van der Waals surface area contributed by atoms with Crippen molar-refractivity contribution >= 4 is 11.9 Å². The Bertz CT molecular complexity index is 377. The summed E-state index contributed by atoms with van der Waals surface area (Å²) in [6, 6.07) is 0. The van der Waals surface area contributed by atoms with Crippen molar-refractivity contribution in [3.63, 3.8) is 0 Å². The highest BCUT2D eigenvalue weighted by molar-refractivity contribution is 5.82. The normalized spacial score (nSPS) is 14.0. The third-order valence-corrected chi connectivity index (χ3v) is 2.64. The highest BCUT2D eigenvalue weighted by atomic mass is 16.4. The second-order valence-corrected chi connectivity index (χ2v) is 3.75. The predicted molar refractivity (Wildman–Crippen MR) is 59.9 cm³/mol. The number of carboxylic acids is 1. The van der Waals surface area contributed by atoms with Crippen LogP contribution in [0.2, 0.25) is 0 Å². The molecule has 0 bridgehead atoms. The minimum atomic E-state index is -1.01. The number of nitrogens with zero attached hydrogens (tertiary/aromatic N) is 1. The molecule has 7 heteroatoms. The van der Waals surface area contributed by atoms with Crippen molar-refractivity contribution in [3.8, 4) is 0 Å². The first-order valence-electron chi connectivity index (χ1n) is 5.24. The number of hydrogen-bond donors (Lipinski definition) is 4. The zero-order chi connectivity index (χ0) is 12.8. The number of carbonyl (C=O) groups is 2. The Balaban J connectivity index is 2.72. The van der Waals surface area contributed by atoms with Gasteiger partial charge in [0.1, 0.15) is 0 Å². The lowest BCUT2D eigenvalue weighted by Gasteiger charge is -2.18. The summed E-state index contributed by atoms with van der Waals surface area (Å²) in [7, 11) is 0. The van der Waals surface area contributed by atoms with Crippen LogP contribution < -0.4 is 11.1 Å². The molecule has 0 fully saturated rings. The Morgan fingerprint density at radius 2 is 2.35 bits per heavy atom. The smallest absolute Gasteiger partial charge is 0.307 e. The molecule has 0 saturated carbocycles. The van der Waals surface area contributed by atoms with E-state index in [0.717, 1.165) is 0 Å². The van der Waals surface area contributed by atoms with Crippen molar-refractivity contribution in [2.45, 2.75) is 19.3 Å². The summed E-state index contributed by atoms with van der Waals surface area (Å²) in [6.07, 6.45) is 2.93. The molecule has 1 aromatic heterocycles.